The van der Waals surface area contributed by atoms with Crippen molar-refractivity contribution in [1.82, 2.24) is 9.80 Å². The number of rotatable bonds is 4. The standard InChI is InChI=1S/2C9H13N.C3H5.Na.H2O4S/c2*1-10(2)8-9-6-4-3-5-7-9;1-3-2;;1-5(2,3)4/h2*3-7H,8H2,1-2H3;3H,1-2H2;;(H2,1,2,3,4)/q;;-1;+1;. The topological polar surface area (TPSA) is 81.1 Å². The molecule has 2 rings (SSSR count). The third-order valence-corrected chi connectivity index (χ3v) is 2.68. The Labute approximate surface area is 199 Å². The van der Waals surface area contributed by atoms with Gasteiger partial charge in [-0.2, -0.15) is 8.42 Å². The van der Waals surface area contributed by atoms with Crippen LogP contribution < -0.4 is 29.6 Å². The van der Waals surface area contributed by atoms with E-state index < -0.39 is 10.4 Å². The van der Waals surface area contributed by atoms with Crippen molar-refractivity contribution in [2.24, 2.45) is 0 Å². The first-order chi connectivity index (χ1) is 13.0. The fourth-order valence-corrected chi connectivity index (χ4v) is 1.90. The number of nitrogens with zero attached hydrogens (tertiary/aromatic N) is 2. The molecule has 0 unspecified atom stereocenters. The van der Waals surface area contributed by atoms with Gasteiger partial charge in [0.1, 0.15) is 0 Å². The van der Waals surface area contributed by atoms with Gasteiger partial charge in [-0.05, 0) is 39.3 Å². The SMILES string of the molecule is C=C[CH2-].CN(C)Cc1ccccc1.CN(C)Cc1ccccc1.O=S(=O)(O)O.[Na+]. The number of allylic oxidation sites excluding steroid dienone is 1. The third-order valence-electron chi connectivity index (χ3n) is 2.68. The molecule has 0 amide bonds. The molecule has 0 bridgehead atoms. The van der Waals surface area contributed by atoms with Crippen LogP contribution in [0, 0.1) is 6.92 Å². The van der Waals surface area contributed by atoms with Gasteiger partial charge < -0.3 is 9.80 Å². The molecule has 0 atom stereocenters. The smallest absolute Gasteiger partial charge is 0.305 e. The van der Waals surface area contributed by atoms with Crippen molar-refractivity contribution in [3.8, 4) is 0 Å². The number of benzene rings is 2. The molecular formula is C21H33N2NaO4S. The van der Waals surface area contributed by atoms with Crippen molar-refractivity contribution in [2.45, 2.75) is 13.1 Å². The quantitative estimate of drug-likeness (QED) is 0.424. The Hall–Kier alpha value is -1.16. The first-order valence-corrected chi connectivity index (χ1v) is 9.86. The molecule has 2 N–H and O–H groups in total. The molecule has 8 heteroatoms. The summed E-state index contributed by atoms with van der Waals surface area (Å²) >= 11 is 0. The van der Waals surface area contributed by atoms with Gasteiger partial charge in [-0.25, -0.2) is 19.6 Å². The zero-order valence-electron chi connectivity index (χ0n) is 18.2. The maximum atomic E-state index is 8.74. The van der Waals surface area contributed by atoms with E-state index >= 15 is 0 Å². The molecule has 0 radical (unpaired) electrons. The van der Waals surface area contributed by atoms with Crippen molar-refractivity contribution in [3.63, 3.8) is 0 Å². The van der Waals surface area contributed by atoms with E-state index in [1.165, 1.54) is 17.2 Å². The van der Waals surface area contributed by atoms with Crippen LogP contribution in [0.25, 0.3) is 0 Å². The predicted molar refractivity (Wildman–Crippen MR) is 117 cm³/mol. The molecule has 0 saturated heterocycles. The summed E-state index contributed by atoms with van der Waals surface area (Å²) in [6.45, 7) is 8.56. The van der Waals surface area contributed by atoms with Crippen LogP contribution in [0.2, 0.25) is 0 Å². The van der Waals surface area contributed by atoms with Crippen LogP contribution in [0.3, 0.4) is 0 Å². The minimum Gasteiger partial charge on any atom is -0.305 e. The fourth-order valence-electron chi connectivity index (χ4n) is 1.90. The number of hydrogen-bond donors (Lipinski definition) is 2. The Balaban J connectivity index is -0.000000337. The second kappa shape index (κ2) is 20.1. The number of hydrogen-bond acceptors (Lipinski definition) is 4. The van der Waals surface area contributed by atoms with E-state index in [9.17, 15) is 0 Å². The Kier molecular flexibility index (Phi) is 22.6. The monoisotopic (exact) mass is 432 g/mol. The van der Waals surface area contributed by atoms with Crippen molar-refractivity contribution < 1.29 is 47.1 Å². The zero-order chi connectivity index (χ0) is 22.0. The summed E-state index contributed by atoms with van der Waals surface area (Å²) in [7, 11) is 3.64. The molecule has 6 nitrogen and oxygen atoms in total. The van der Waals surface area contributed by atoms with Crippen LogP contribution in [-0.4, -0.2) is 55.5 Å². The minimum atomic E-state index is -4.67. The summed E-state index contributed by atoms with van der Waals surface area (Å²) in [5.74, 6) is 0. The minimum absolute atomic E-state index is 0. The van der Waals surface area contributed by atoms with Gasteiger partial charge in [0.15, 0.2) is 0 Å². The molecule has 158 valence electrons. The molecule has 0 fully saturated rings. The largest absolute Gasteiger partial charge is 1.00 e. The molecule has 2 aromatic rings. The summed E-state index contributed by atoms with van der Waals surface area (Å²) in [5, 5.41) is 0. The van der Waals surface area contributed by atoms with Gasteiger partial charge >= 0.3 is 40.0 Å². The summed E-state index contributed by atoms with van der Waals surface area (Å²) in [6.07, 6.45) is 1.50. The Morgan fingerprint density at radius 3 is 1.21 bits per heavy atom. The van der Waals surface area contributed by atoms with Crippen LogP contribution >= 0.6 is 0 Å². The maximum Gasteiger partial charge on any atom is 1.00 e. The first kappa shape index (κ1) is 32.5. The summed E-state index contributed by atoms with van der Waals surface area (Å²) < 4.78 is 31.6. The van der Waals surface area contributed by atoms with E-state index in [1.54, 1.807) is 0 Å². The Morgan fingerprint density at radius 1 is 0.828 bits per heavy atom. The summed E-state index contributed by atoms with van der Waals surface area (Å²) in [5.41, 5.74) is 2.74. The van der Waals surface area contributed by atoms with Crippen LogP contribution in [0.4, 0.5) is 0 Å². The molecule has 29 heavy (non-hydrogen) atoms. The van der Waals surface area contributed by atoms with Gasteiger partial charge in [0.05, 0.1) is 0 Å². The molecule has 0 spiro atoms. The molecule has 0 saturated carbocycles. The second-order valence-corrected chi connectivity index (χ2v) is 7.08. The van der Waals surface area contributed by atoms with E-state index in [0.29, 0.717) is 0 Å². The van der Waals surface area contributed by atoms with Crippen LogP contribution in [0.15, 0.2) is 73.3 Å². The van der Waals surface area contributed by atoms with Crippen LogP contribution in [0.1, 0.15) is 11.1 Å². The average molecular weight is 433 g/mol. The summed E-state index contributed by atoms with van der Waals surface area (Å²) in [4.78, 5) is 4.32. The molecule has 0 aliphatic heterocycles. The zero-order valence-corrected chi connectivity index (χ0v) is 21.0. The maximum absolute atomic E-state index is 8.74. The van der Waals surface area contributed by atoms with Crippen LogP contribution in [-0.2, 0) is 23.5 Å². The van der Waals surface area contributed by atoms with Gasteiger partial charge in [0.25, 0.3) is 0 Å². The van der Waals surface area contributed by atoms with Gasteiger partial charge in [0.2, 0.25) is 0 Å². The Morgan fingerprint density at radius 2 is 1.03 bits per heavy atom. The molecule has 0 aliphatic carbocycles. The third kappa shape index (κ3) is 31.7. The Bertz CT molecular complexity index is 656. The molecular weight excluding hydrogens is 399 g/mol. The van der Waals surface area contributed by atoms with Crippen LogP contribution in [0.5, 0.6) is 0 Å². The van der Waals surface area contributed by atoms with E-state index in [0.717, 1.165) is 13.1 Å². The fraction of sp³-hybridized carbons (Fsp3) is 0.286. The second-order valence-electron chi connectivity index (χ2n) is 6.18. The van der Waals surface area contributed by atoms with Gasteiger partial charge in [-0.1, -0.05) is 60.7 Å². The molecule has 0 aromatic heterocycles. The van der Waals surface area contributed by atoms with E-state index in [4.69, 9.17) is 17.5 Å². The van der Waals surface area contributed by atoms with Crippen molar-refractivity contribution >= 4 is 10.4 Å². The van der Waals surface area contributed by atoms with Crippen molar-refractivity contribution in [3.05, 3.63) is 91.4 Å². The van der Waals surface area contributed by atoms with E-state index in [2.05, 4.69) is 100 Å². The molecule has 0 heterocycles. The molecule has 0 aliphatic rings. The van der Waals surface area contributed by atoms with E-state index in [-0.39, 0.29) is 29.6 Å². The average Bonchev–Trinajstić information content (AvgIpc) is 2.55. The van der Waals surface area contributed by atoms with Crippen molar-refractivity contribution in [1.29, 1.82) is 0 Å². The summed E-state index contributed by atoms with van der Waals surface area (Å²) in [6, 6.07) is 20.9. The van der Waals surface area contributed by atoms with E-state index in [1.807, 2.05) is 12.1 Å². The molecule has 2 aromatic carbocycles. The van der Waals surface area contributed by atoms with Gasteiger partial charge in [-0.15, -0.1) is 0 Å². The first-order valence-electron chi connectivity index (χ1n) is 8.46. The van der Waals surface area contributed by atoms with Gasteiger partial charge in [-0.3, -0.25) is 9.11 Å². The predicted octanol–water partition coefficient (Wildman–Crippen LogP) is 0.854. The van der Waals surface area contributed by atoms with Crippen molar-refractivity contribution in [2.75, 3.05) is 28.2 Å². The normalized spacial score (nSPS) is 9.52. The van der Waals surface area contributed by atoms with Gasteiger partial charge in [0, 0.05) is 13.1 Å².